The number of nitrogens with zero attached hydrogens (tertiary/aromatic N) is 4. The Balaban J connectivity index is 2.15. The Labute approximate surface area is 131 Å². The number of benzene rings is 2. The molecule has 22 heavy (non-hydrogen) atoms. The van der Waals surface area contributed by atoms with Gasteiger partial charge < -0.3 is 4.74 Å². The van der Waals surface area contributed by atoms with Gasteiger partial charge in [-0.05, 0) is 23.7 Å². The molecular formula is C16H11ClN4O. The molecule has 0 fully saturated rings. The van der Waals surface area contributed by atoms with Crippen LogP contribution in [0.15, 0.2) is 48.5 Å². The van der Waals surface area contributed by atoms with Crippen LogP contribution in [-0.4, -0.2) is 26.6 Å². The van der Waals surface area contributed by atoms with Crippen LogP contribution in [0.1, 0.15) is 0 Å². The summed E-state index contributed by atoms with van der Waals surface area (Å²) >= 11 is 5.99. The van der Waals surface area contributed by atoms with E-state index >= 15 is 0 Å². The largest absolute Gasteiger partial charge is 0.467 e. The average Bonchev–Trinajstić information content (AvgIpc) is 2.89. The van der Waals surface area contributed by atoms with Crippen molar-refractivity contribution in [3.05, 3.63) is 53.8 Å². The molecular weight excluding hydrogens is 300 g/mol. The molecule has 0 aliphatic carbocycles. The van der Waals surface area contributed by atoms with Crippen molar-refractivity contribution in [2.45, 2.75) is 0 Å². The highest BCUT2D eigenvalue weighted by atomic mass is 35.5. The van der Waals surface area contributed by atoms with Crippen LogP contribution in [0.3, 0.4) is 0 Å². The lowest BCUT2D eigenvalue weighted by Crippen LogP contribution is -2.04. The van der Waals surface area contributed by atoms with Gasteiger partial charge in [-0.25, -0.2) is 0 Å². The first-order chi connectivity index (χ1) is 10.8. The minimum absolute atomic E-state index is 0.101. The topological polar surface area (TPSA) is 52.8 Å². The van der Waals surface area contributed by atoms with E-state index in [4.69, 9.17) is 16.3 Å². The normalized spacial score (nSPS) is 11.2. The van der Waals surface area contributed by atoms with Crippen molar-refractivity contribution < 1.29 is 4.74 Å². The number of fused-ring (bicyclic) bond motifs is 3. The third-order valence-electron chi connectivity index (χ3n) is 3.54. The Morgan fingerprint density at radius 3 is 2.05 bits per heavy atom. The Morgan fingerprint density at radius 1 is 0.864 bits per heavy atom. The summed E-state index contributed by atoms with van der Waals surface area (Å²) in [6.45, 7) is 0. The van der Waals surface area contributed by atoms with E-state index in [9.17, 15) is 0 Å². The minimum Gasteiger partial charge on any atom is -0.467 e. The summed E-state index contributed by atoms with van der Waals surface area (Å²) in [5.41, 5.74) is 2.01. The van der Waals surface area contributed by atoms with E-state index in [0.717, 1.165) is 21.8 Å². The third-order valence-corrected chi connectivity index (χ3v) is 3.71. The average molecular weight is 311 g/mol. The van der Waals surface area contributed by atoms with E-state index in [1.165, 1.54) is 7.11 Å². The SMILES string of the molecule is COc1nc(Cl)nc(-n2c3ccccc3c3ccccc32)n1. The zero-order valence-electron chi connectivity index (χ0n) is 11.7. The molecule has 0 saturated carbocycles. The minimum atomic E-state index is 0.101. The molecule has 0 amide bonds. The van der Waals surface area contributed by atoms with Crippen LogP contribution < -0.4 is 4.74 Å². The quantitative estimate of drug-likeness (QED) is 0.567. The molecule has 6 heteroatoms. The van der Waals surface area contributed by atoms with Gasteiger partial charge in [0.05, 0.1) is 18.1 Å². The molecule has 2 heterocycles. The second-order valence-electron chi connectivity index (χ2n) is 4.76. The Hall–Kier alpha value is -2.66. The summed E-state index contributed by atoms with van der Waals surface area (Å²) in [4.78, 5) is 12.5. The summed E-state index contributed by atoms with van der Waals surface area (Å²) in [5, 5.41) is 2.37. The molecule has 0 radical (unpaired) electrons. The number of rotatable bonds is 2. The number of hydrogen-bond acceptors (Lipinski definition) is 4. The van der Waals surface area contributed by atoms with E-state index in [1.54, 1.807) is 0 Å². The summed E-state index contributed by atoms with van der Waals surface area (Å²) < 4.78 is 7.06. The molecule has 0 aliphatic heterocycles. The highest BCUT2D eigenvalue weighted by Gasteiger charge is 2.15. The van der Waals surface area contributed by atoms with Gasteiger partial charge in [0.2, 0.25) is 11.2 Å². The summed E-state index contributed by atoms with van der Waals surface area (Å²) in [7, 11) is 1.50. The fraction of sp³-hybridized carbons (Fsp3) is 0.0625. The van der Waals surface area contributed by atoms with Crippen molar-refractivity contribution in [1.29, 1.82) is 0 Å². The summed E-state index contributed by atoms with van der Waals surface area (Å²) in [6, 6.07) is 16.4. The molecule has 0 aliphatic rings. The smallest absolute Gasteiger partial charge is 0.322 e. The highest BCUT2D eigenvalue weighted by Crippen LogP contribution is 2.30. The molecule has 5 nitrogen and oxygen atoms in total. The van der Waals surface area contributed by atoms with Gasteiger partial charge >= 0.3 is 6.01 Å². The number of halogens is 1. The molecule has 0 bridgehead atoms. The van der Waals surface area contributed by atoms with Gasteiger partial charge in [0.25, 0.3) is 0 Å². The van der Waals surface area contributed by atoms with E-state index in [0.29, 0.717) is 5.95 Å². The summed E-state index contributed by atoms with van der Waals surface area (Å²) in [5.74, 6) is 0.439. The molecule has 0 unspecified atom stereocenters. The van der Waals surface area contributed by atoms with Crippen LogP contribution in [-0.2, 0) is 0 Å². The van der Waals surface area contributed by atoms with Crippen molar-refractivity contribution in [2.24, 2.45) is 0 Å². The van der Waals surface area contributed by atoms with Gasteiger partial charge in [0.15, 0.2) is 0 Å². The van der Waals surface area contributed by atoms with Gasteiger partial charge in [-0.1, -0.05) is 36.4 Å². The van der Waals surface area contributed by atoms with Crippen LogP contribution in [0, 0.1) is 0 Å². The van der Waals surface area contributed by atoms with Crippen molar-refractivity contribution in [1.82, 2.24) is 19.5 Å². The van der Waals surface area contributed by atoms with E-state index in [2.05, 4.69) is 27.1 Å². The van der Waals surface area contributed by atoms with Crippen LogP contribution in [0.4, 0.5) is 0 Å². The van der Waals surface area contributed by atoms with Crippen molar-refractivity contribution in [3.63, 3.8) is 0 Å². The zero-order valence-corrected chi connectivity index (χ0v) is 12.4. The van der Waals surface area contributed by atoms with Crippen LogP contribution in [0.25, 0.3) is 27.8 Å². The lowest BCUT2D eigenvalue weighted by molar-refractivity contribution is 0.377. The van der Waals surface area contributed by atoms with Crippen molar-refractivity contribution in [2.75, 3.05) is 7.11 Å². The molecule has 0 spiro atoms. The van der Waals surface area contributed by atoms with Gasteiger partial charge in [-0.3, -0.25) is 4.57 Å². The van der Waals surface area contributed by atoms with Crippen LogP contribution in [0.2, 0.25) is 5.28 Å². The van der Waals surface area contributed by atoms with Crippen LogP contribution in [0.5, 0.6) is 6.01 Å². The molecule has 0 saturated heterocycles. The van der Waals surface area contributed by atoms with E-state index in [1.807, 2.05) is 41.0 Å². The van der Waals surface area contributed by atoms with E-state index in [-0.39, 0.29) is 11.3 Å². The molecule has 108 valence electrons. The standard InChI is InChI=1S/C16H11ClN4O/c1-22-16-19-14(17)18-15(20-16)21-12-8-4-2-6-10(12)11-7-3-5-9-13(11)21/h2-9H,1H3. The van der Waals surface area contributed by atoms with Crippen molar-refractivity contribution >= 4 is 33.4 Å². The maximum absolute atomic E-state index is 5.99. The summed E-state index contributed by atoms with van der Waals surface area (Å²) in [6.07, 6.45) is 0. The second-order valence-corrected chi connectivity index (χ2v) is 5.10. The van der Waals surface area contributed by atoms with Crippen LogP contribution >= 0.6 is 11.6 Å². The third kappa shape index (κ3) is 1.90. The Kier molecular flexibility index (Phi) is 2.94. The predicted octanol–water partition coefficient (Wildman–Crippen LogP) is 3.63. The van der Waals surface area contributed by atoms with Gasteiger partial charge in [-0.15, -0.1) is 0 Å². The molecule has 0 N–H and O–H groups in total. The molecule has 0 atom stereocenters. The fourth-order valence-corrected chi connectivity index (χ4v) is 2.80. The first-order valence-electron chi connectivity index (χ1n) is 6.72. The predicted molar refractivity (Wildman–Crippen MR) is 85.7 cm³/mol. The number of hydrogen-bond donors (Lipinski definition) is 0. The Bertz CT molecular complexity index is 943. The number of aromatic nitrogens is 4. The lowest BCUT2D eigenvalue weighted by atomic mass is 10.2. The van der Waals surface area contributed by atoms with Crippen molar-refractivity contribution in [3.8, 4) is 12.0 Å². The zero-order chi connectivity index (χ0) is 15.1. The maximum Gasteiger partial charge on any atom is 0.322 e. The number of methoxy groups -OCH3 is 1. The number of ether oxygens (including phenoxy) is 1. The molecule has 2 aromatic carbocycles. The number of para-hydroxylation sites is 2. The van der Waals surface area contributed by atoms with Gasteiger partial charge in [0.1, 0.15) is 0 Å². The van der Waals surface area contributed by atoms with Gasteiger partial charge in [0, 0.05) is 10.8 Å². The maximum atomic E-state index is 5.99. The second kappa shape index (κ2) is 4.96. The monoisotopic (exact) mass is 310 g/mol. The van der Waals surface area contributed by atoms with Gasteiger partial charge in [-0.2, -0.15) is 15.0 Å². The first kappa shape index (κ1) is 13.0. The molecule has 4 aromatic rings. The molecule has 4 rings (SSSR count). The molecule has 2 aromatic heterocycles. The lowest BCUT2D eigenvalue weighted by Gasteiger charge is -2.06. The van der Waals surface area contributed by atoms with E-state index < -0.39 is 0 Å². The first-order valence-corrected chi connectivity index (χ1v) is 7.10. The Morgan fingerprint density at radius 2 is 1.45 bits per heavy atom. The fourth-order valence-electron chi connectivity index (χ4n) is 2.65. The highest BCUT2D eigenvalue weighted by molar-refractivity contribution is 6.28.